The molecule has 0 bridgehead atoms. The van der Waals surface area contributed by atoms with E-state index in [-0.39, 0.29) is 0 Å². The first-order valence-electron chi connectivity index (χ1n) is 5.12. The Morgan fingerprint density at radius 3 is 1.55 bits per heavy atom. The average Bonchev–Trinajstić information content (AvgIpc) is 2.28. The molecule has 20 heavy (non-hydrogen) atoms. The highest BCUT2D eigenvalue weighted by atomic mass is 31.2. The van der Waals surface area contributed by atoms with Gasteiger partial charge >= 0.3 is 31.5 Å². The molecule has 0 atom stereocenters. The van der Waals surface area contributed by atoms with E-state index in [4.69, 9.17) is 0 Å². The Kier molecular flexibility index (Phi) is 6.02. The van der Waals surface area contributed by atoms with E-state index >= 15 is 0 Å². The van der Waals surface area contributed by atoms with Gasteiger partial charge in [0.1, 0.15) is 0 Å². The quantitative estimate of drug-likeness (QED) is 0.487. The highest BCUT2D eigenvalue weighted by Crippen LogP contribution is 2.69. The van der Waals surface area contributed by atoms with Gasteiger partial charge in [0.2, 0.25) is 0 Å². The Morgan fingerprint density at radius 2 is 1.30 bits per heavy atom. The van der Waals surface area contributed by atoms with E-state index in [1.165, 1.54) is 0 Å². The molecule has 122 valence electrons. The van der Waals surface area contributed by atoms with Crippen molar-refractivity contribution >= 4 is 7.60 Å². The predicted molar refractivity (Wildman–Crippen MR) is 51.7 cm³/mol. The minimum Gasteiger partial charge on any atom is -0.305 e. The SMILES string of the molecule is CCOP(=O)(OCC)C(F)(F)C(F)(F)C(F)(F)C(F)F. The number of halogens is 8. The summed E-state index contributed by atoms with van der Waals surface area (Å²) in [5, 5.41) is 0. The number of hydrogen-bond acceptors (Lipinski definition) is 3. The summed E-state index contributed by atoms with van der Waals surface area (Å²) in [4.78, 5) is 0. The zero-order valence-electron chi connectivity index (χ0n) is 10.2. The Balaban J connectivity index is 5.85. The summed E-state index contributed by atoms with van der Waals surface area (Å²) < 4.78 is 121. The van der Waals surface area contributed by atoms with E-state index in [1.807, 2.05) is 0 Å². The lowest BCUT2D eigenvalue weighted by atomic mass is 10.2. The van der Waals surface area contributed by atoms with Crippen molar-refractivity contribution in [1.82, 2.24) is 0 Å². The standard InChI is InChI=1S/C8H11F8O3P/c1-3-18-20(17,19-4-2)8(15,16)7(13,14)6(11,12)5(9)10/h5H,3-4H2,1-2H3. The van der Waals surface area contributed by atoms with Crippen LogP contribution in [0.5, 0.6) is 0 Å². The highest BCUT2D eigenvalue weighted by molar-refractivity contribution is 7.55. The van der Waals surface area contributed by atoms with Crippen molar-refractivity contribution in [3.63, 3.8) is 0 Å². The number of rotatable bonds is 8. The summed E-state index contributed by atoms with van der Waals surface area (Å²) in [5.74, 6) is -13.0. The summed E-state index contributed by atoms with van der Waals surface area (Å²) >= 11 is 0. The van der Waals surface area contributed by atoms with Crippen molar-refractivity contribution < 1.29 is 48.7 Å². The molecule has 12 heteroatoms. The first-order valence-corrected chi connectivity index (χ1v) is 6.66. The summed E-state index contributed by atoms with van der Waals surface area (Å²) in [6, 6.07) is 0. The fraction of sp³-hybridized carbons (Fsp3) is 1.00. The molecule has 0 rings (SSSR count). The molecule has 3 nitrogen and oxygen atoms in total. The average molecular weight is 338 g/mol. The lowest BCUT2D eigenvalue weighted by Crippen LogP contribution is -2.57. The monoisotopic (exact) mass is 338 g/mol. The third kappa shape index (κ3) is 2.94. The van der Waals surface area contributed by atoms with Crippen molar-refractivity contribution in [1.29, 1.82) is 0 Å². The first kappa shape index (κ1) is 19.6. The van der Waals surface area contributed by atoms with Crippen LogP contribution in [-0.2, 0) is 13.6 Å². The third-order valence-corrected chi connectivity index (χ3v) is 4.18. The van der Waals surface area contributed by atoms with Gasteiger partial charge in [-0.05, 0) is 13.8 Å². The Bertz CT molecular complexity index is 363. The maximum Gasteiger partial charge on any atom is 0.414 e. The molecule has 0 saturated carbocycles. The number of alkyl halides is 8. The van der Waals surface area contributed by atoms with E-state index in [1.54, 1.807) is 0 Å². The lowest BCUT2D eigenvalue weighted by molar-refractivity contribution is -0.319. The lowest BCUT2D eigenvalue weighted by Gasteiger charge is -2.35. The van der Waals surface area contributed by atoms with Crippen LogP contribution in [0.1, 0.15) is 13.8 Å². The van der Waals surface area contributed by atoms with Crippen LogP contribution in [0.2, 0.25) is 0 Å². The molecule has 0 aliphatic carbocycles. The van der Waals surface area contributed by atoms with Gasteiger partial charge < -0.3 is 9.05 Å². The van der Waals surface area contributed by atoms with E-state index in [2.05, 4.69) is 9.05 Å². The fourth-order valence-electron chi connectivity index (χ4n) is 1.05. The molecule has 0 fully saturated rings. The van der Waals surface area contributed by atoms with E-state index in [0.717, 1.165) is 13.8 Å². The van der Waals surface area contributed by atoms with Crippen LogP contribution in [0.4, 0.5) is 35.1 Å². The molecule has 0 heterocycles. The normalized spacial score (nSPS) is 14.9. The molecule has 0 unspecified atom stereocenters. The van der Waals surface area contributed by atoms with Crippen LogP contribution >= 0.6 is 7.60 Å². The van der Waals surface area contributed by atoms with E-state index in [0.29, 0.717) is 0 Å². The second-order valence-corrected chi connectivity index (χ2v) is 5.45. The van der Waals surface area contributed by atoms with Gasteiger partial charge in [0.05, 0.1) is 13.2 Å². The van der Waals surface area contributed by atoms with Gasteiger partial charge in [0, 0.05) is 0 Å². The molecular formula is C8H11F8O3P. The van der Waals surface area contributed by atoms with E-state index < -0.39 is 44.7 Å². The van der Waals surface area contributed by atoms with Crippen molar-refractivity contribution in [2.75, 3.05) is 13.2 Å². The zero-order chi connectivity index (χ0) is 16.4. The summed E-state index contributed by atoms with van der Waals surface area (Å²) in [5.41, 5.74) is -6.13. The first-order chi connectivity index (χ1) is 8.81. The van der Waals surface area contributed by atoms with Gasteiger partial charge in [0.25, 0.3) is 0 Å². The largest absolute Gasteiger partial charge is 0.414 e. The maximum atomic E-state index is 13.4. The molecule has 0 aliphatic heterocycles. The van der Waals surface area contributed by atoms with Gasteiger partial charge in [-0.1, -0.05) is 0 Å². The van der Waals surface area contributed by atoms with Crippen molar-refractivity contribution in [3.05, 3.63) is 0 Å². The molecule has 0 spiro atoms. The smallest absolute Gasteiger partial charge is 0.305 e. The molecule has 0 aromatic carbocycles. The van der Waals surface area contributed by atoms with E-state index in [9.17, 15) is 39.7 Å². The molecule has 0 radical (unpaired) electrons. The molecule has 0 aromatic rings. The molecule has 0 aliphatic rings. The van der Waals surface area contributed by atoms with Crippen LogP contribution in [-0.4, -0.2) is 37.1 Å². The molecule has 0 saturated heterocycles. The van der Waals surface area contributed by atoms with Gasteiger partial charge in [0.15, 0.2) is 0 Å². The second-order valence-electron chi connectivity index (χ2n) is 3.37. The Labute approximate surface area is 108 Å². The zero-order valence-corrected chi connectivity index (χ0v) is 11.1. The summed E-state index contributed by atoms with van der Waals surface area (Å²) in [7, 11) is -6.08. The predicted octanol–water partition coefficient (Wildman–Crippen LogP) is 4.38. The van der Waals surface area contributed by atoms with Crippen LogP contribution in [0.15, 0.2) is 0 Å². The molecule has 0 N–H and O–H groups in total. The topological polar surface area (TPSA) is 35.5 Å². The van der Waals surface area contributed by atoms with Crippen LogP contribution in [0, 0.1) is 0 Å². The Morgan fingerprint density at radius 1 is 0.950 bits per heavy atom. The molecule has 0 amide bonds. The van der Waals surface area contributed by atoms with Gasteiger partial charge in [-0.2, -0.15) is 26.3 Å². The minimum absolute atomic E-state index is 0.844. The molecule has 0 aromatic heterocycles. The van der Waals surface area contributed by atoms with Crippen molar-refractivity contribution in [2.45, 2.75) is 37.8 Å². The van der Waals surface area contributed by atoms with Gasteiger partial charge in [-0.25, -0.2) is 8.78 Å². The maximum absolute atomic E-state index is 13.4. The minimum atomic E-state index is -6.63. The van der Waals surface area contributed by atoms with Crippen LogP contribution < -0.4 is 0 Å². The Hall–Kier alpha value is -0.410. The van der Waals surface area contributed by atoms with Crippen LogP contribution in [0.3, 0.4) is 0 Å². The van der Waals surface area contributed by atoms with Crippen LogP contribution in [0.25, 0.3) is 0 Å². The number of hydrogen-bond donors (Lipinski definition) is 0. The summed E-state index contributed by atoms with van der Waals surface area (Å²) in [6.07, 6.45) is -5.10. The van der Waals surface area contributed by atoms with Gasteiger partial charge in [-0.15, -0.1) is 0 Å². The third-order valence-electron chi connectivity index (χ3n) is 2.01. The fourth-order valence-corrected chi connectivity index (χ4v) is 2.62. The summed E-state index contributed by atoms with van der Waals surface area (Å²) in [6.45, 7) is 0.211. The molecular weight excluding hydrogens is 327 g/mol. The second kappa shape index (κ2) is 6.15. The van der Waals surface area contributed by atoms with Crippen molar-refractivity contribution in [3.8, 4) is 0 Å². The van der Waals surface area contributed by atoms with Crippen molar-refractivity contribution in [2.24, 2.45) is 0 Å². The highest BCUT2D eigenvalue weighted by Gasteiger charge is 2.82. The van der Waals surface area contributed by atoms with Gasteiger partial charge in [-0.3, -0.25) is 4.57 Å².